The molecule has 28 heavy (non-hydrogen) atoms. The molecule has 1 saturated heterocycles. The second kappa shape index (κ2) is 7.54. The highest BCUT2D eigenvalue weighted by Crippen LogP contribution is 2.41. The summed E-state index contributed by atoms with van der Waals surface area (Å²) in [6.07, 6.45) is 7.10. The van der Waals surface area contributed by atoms with Gasteiger partial charge >= 0.3 is 0 Å². The number of nitrogens with two attached hydrogens (primary N) is 1. The van der Waals surface area contributed by atoms with Gasteiger partial charge in [0.1, 0.15) is 5.82 Å². The van der Waals surface area contributed by atoms with Crippen LogP contribution >= 0.6 is 0 Å². The zero-order chi connectivity index (χ0) is 19.8. The zero-order valence-electron chi connectivity index (χ0n) is 17.0. The number of anilines is 2. The monoisotopic (exact) mass is 382 g/mol. The largest absolute Gasteiger partial charge is 0.383 e. The van der Waals surface area contributed by atoms with E-state index >= 15 is 0 Å². The van der Waals surface area contributed by atoms with Gasteiger partial charge in [-0.15, -0.1) is 0 Å². The summed E-state index contributed by atoms with van der Waals surface area (Å²) < 4.78 is 7.91. The second-order valence-corrected chi connectivity index (χ2v) is 8.24. The Hall–Kier alpha value is -2.41. The number of nitrogen functional groups attached to an aromatic ring is 1. The lowest BCUT2D eigenvalue weighted by Gasteiger charge is -2.25. The maximum Gasteiger partial charge on any atom is 0.150 e. The number of rotatable bonds is 6. The van der Waals surface area contributed by atoms with Crippen LogP contribution in [0.4, 0.5) is 11.5 Å². The number of ether oxygens (including phenoxy) is 1. The molecule has 150 valence electrons. The van der Waals surface area contributed by atoms with Crippen molar-refractivity contribution in [3.05, 3.63) is 34.8 Å². The standard InChI is InChI=1S/C21H30N6O/c1-12(2)25-20-13(3)11-24-21(23)18(20)19(22)16-10-15(14-7-8-14)26-27(16)17-6-4-5-9-28-17/h10-12,14,17,22H,4-9H2,1-3H3,(H3,23,24,25). The van der Waals surface area contributed by atoms with Gasteiger partial charge in [0.15, 0.2) is 6.23 Å². The van der Waals surface area contributed by atoms with Crippen molar-refractivity contribution in [2.24, 2.45) is 0 Å². The summed E-state index contributed by atoms with van der Waals surface area (Å²) in [7, 11) is 0. The van der Waals surface area contributed by atoms with E-state index in [9.17, 15) is 0 Å². The average Bonchev–Trinajstić information content (AvgIpc) is 3.43. The van der Waals surface area contributed by atoms with E-state index in [1.165, 1.54) is 12.8 Å². The van der Waals surface area contributed by atoms with E-state index in [1.54, 1.807) is 6.20 Å². The van der Waals surface area contributed by atoms with Gasteiger partial charge in [-0.3, -0.25) is 5.41 Å². The number of aromatic nitrogens is 3. The molecule has 0 bridgehead atoms. The molecule has 2 fully saturated rings. The third kappa shape index (κ3) is 3.63. The van der Waals surface area contributed by atoms with Crippen molar-refractivity contribution in [1.29, 1.82) is 5.41 Å². The van der Waals surface area contributed by atoms with E-state index in [0.29, 0.717) is 23.0 Å². The lowest BCUT2D eigenvalue weighted by molar-refractivity contribution is -0.0399. The molecule has 1 unspecified atom stereocenters. The minimum atomic E-state index is -0.114. The van der Waals surface area contributed by atoms with E-state index in [0.717, 1.165) is 48.5 Å². The first kappa shape index (κ1) is 18.9. The van der Waals surface area contributed by atoms with Gasteiger partial charge in [0.25, 0.3) is 0 Å². The summed E-state index contributed by atoms with van der Waals surface area (Å²) in [5.41, 5.74) is 10.9. The van der Waals surface area contributed by atoms with Crippen LogP contribution in [0.25, 0.3) is 0 Å². The molecular weight excluding hydrogens is 352 g/mol. The molecule has 7 nitrogen and oxygen atoms in total. The number of aryl methyl sites for hydroxylation is 1. The normalized spacial score (nSPS) is 19.8. The molecule has 4 N–H and O–H groups in total. The maximum atomic E-state index is 9.05. The SMILES string of the molecule is Cc1cnc(N)c(C(=N)c2cc(C3CC3)nn2C2CCCCO2)c1NC(C)C. The molecule has 1 aliphatic carbocycles. The molecule has 7 heteroatoms. The highest BCUT2D eigenvalue weighted by Gasteiger charge is 2.31. The third-order valence-corrected chi connectivity index (χ3v) is 5.42. The summed E-state index contributed by atoms with van der Waals surface area (Å²) in [5.74, 6) is 0.877. The Morgan fingerprint density at radius 1 is 1.32 bits per heavy atom. The Kier molecular flexibility index (Phi) is 5.10. The quantitative estimate of drug-likeness (QED) is 0.656. The van der Waals surface area contributed by atoms with E-state index < -0.39 is 0 Å². The molecule has 2 aliphatic rings. The van der Waals surface area contributed by atoms with Gasteiger partial charge in [-0.25, -0.2) is 9.67 Å². The van der Waals surface area contributed by atoms with Crippen molar-refractivity contribution in [3.63, 3.8) is 0 Å². The Morgan fingerprint density at radius 3 is 2.75 bits per heavy atom. The lowest BCUT2D eigenvalue weighted by atomic mass is 10.0. The third-order valence-electron chi connectivity index (χ3n) is 5.42. The Labute approximate surface area is 166 Å². The minimum Gasteiger partial charge on any atom is -0.383 e. The Balaban J connectivity index is 1.79. The second-order valence-electron chi connectivity index (χ2n) is 8.24. The fourth-order valence-corrected chi connectivity index (χ4v) is 3.79. The first-order chi connectivity index (χ1) is 13.5. The van der Waals surface area contributed by atoms with Gasteiger partial charge in [-0.05, 0) is 64.5 Å². The molecule has 1 aliphatic heterocycles. The van der Waals surface area contributed by atoms with E-state index in [4.69, 9.17) is 21.0 Å². The summed E-state index contributed by atoms with van der Waals surface area (Å²) in [5, 5.41) is 17.4. The highest BCUT2D eigenvalue weighted by atomic mass is 16.5. The fraction of sp³-hybridized carbons (Fsp3) is 0.571. The zero-order valence-corrected chi connectivity index (χ0v) is 17.0. The van der Waals surface area contributed by atoms with Crippen molar-refractivity contribution < 1.29 is 4.74 Å². The van der Waals surface area contributed by atoms with Crippen molar-refractivity contribution in [2.75, 3.05) is 17.7 Å². The molecule has 0 spiro atoms. The van der Waals surface area contributed by atoms with Crippen molar-refractivity contribution in [2.45, 2.75) is 71.1 Å². The van der Waals surface area contributed by atoms with Gasteiger partial charge in [0.05, 0.1) is 28.4 Å². The average molecular weight is 383 g/mol. The Morgan fingerprint density at radius 2 is 2.11 bits per heavy atom. The van der Waals surface area contributed by atoms with Crippen molar-refractivity contribution in [3.8, 4) is 0 Å². The first-order valence-electron chi connectivity index (χ1n) is 10.3. The molecule has 2 aromatic rings. The molecule has 2 aromatic heterocycles. The summed E-state index contributed by atoms with van der Waals surface area (Å²) >= 11 is 0. The van der Waals surface area contributed by atoms with Crippen LogP contribution in [0.2, 0.25) is 0 Å². The predicted octanol–water partition coefficient (Wildman–Crippen LogP) is 3.98. The minimum absolute atomic E-state index is 0.114. The smallest absolute Gasteiger partial charge is 0.150 e. The Bertz CT molecular complexity index is 877. The van der Waals surface area contributed by atoms with Crippen LogP contribution in [0, 0.1) is 12.3 Å². The van der Waals surface area contributed by atoms with Crippen LogP contribution in [0.1, 0.15) is 80.6 Å². The molecule has 1 atom stereocenters. The van der Waals surface area contributed by atoms with Crippen LogP contribution in [0.5, 0.6) is 0 Å². The highest BCUT2D eigenvalue weighted by molar-refractivity contribution is 6.16. The van der Waals surface area contributed by atoms with E-state index in [1.807, 2.05) is 11.6 Å². The number of nitrogens with zero attached hydrogens (tertiary/aromatic N) is 3. The van der Waals surface area contributed by atoms with Gasteiger partial charge in [0.2, 0.25) is 0 Å². The van der Waals surface area contributed by atoms with Crippen LogP contribution in [-0.2, 0) is 4.74 Å². The number of pyridine rings is 1. The number of hydrogen-bond donors (Lipinski definition) is 3. The van der Waals surface area contributed by atoms with Crippen LogP contribution in [-0.4, -0.2) is 33.1 Å². The number of hydrogen-bond acceptors (Lipinski definition) is 6. The van der Waals surface area contributed by atoms with Crippen LogP contribution in [0.3, 0.4) is 0 Å². The van der Waals surface area contributed by atoms with E-state index in [2.05, 4.69) is 30.2 Å². The van der Waals surface area contributed by atoms with E-state index in [-0.39, 0.29) is 12.3 Å². The topological polar surface area (TPSA) is 102 Å². The molecule has 4 rings (SSSR count). The van der Waals surface area contributed by atoms with Crippen molar-refractivity contribution >= 4 is 17.2 Å². The molecule has 0 aromatic carbocycles. The van der Waals surface area contributed by atoms with Crippen molar-refractivity contribution in [1.82, 2.24) is 14.8 Å². The van der Waals surface area contributed by atoms with Gasteiger partial charge in [0, 0.05) is 24.8 Å². The van der Waals surface area contributed by atoms with Gasteiger partial charge in [-0.2, -0.15) is 5.10 Å². The molecular formula is C21H30N6O. The maximum absolute atomic E-state index is 9.05. The van der Waals surface area contributed by atoms with Crippen LogP contribution < -0.4 is 11.1 Å². The molecule has 0 amide bonds. The fourth-order valence-electron chi connectivity index (χ4n) is 3.79. The van der Waals surface area contributed by atoms with Gasteiger partial charge < -0.3 is 15.8 Å². The molecule has 3 heterocycles. The lowest BCUT2D eigenvalue weighted by Crippen LogP contribution is -2.24. The first-order valence-corrected chi connectivity index (χ1v) is 10.3. The summed E-state index contributed by atoms with van der Waals surface area (Å²) in [6, 6.07) is 2.28. The summed E-state index contributed by atoms with van der Waals surface area (Å²) in [4.78, 5) is 4.33. The molecule has 1 saturated carbocycles. The summed E-state index contributed by atoms with van der Waals surface area (Å²) in [6.45, 7) is 6.89. The van der Waals surface area contributed by atoms with Gasteiger partial charge in [-0.1, -0.05) is 0 Å². The van der Waals surface area contributed by atoms with Crippen LogP contribution in [0.15, 0.2) is 12.3 Å². The number of nitrogens with one attached hydrogen (secondary N) is 2. The molecule has 0 radical (unpaired) electrons. The predicted molar refractivity (Wildman–Crippen MR) is 111 cm³/mol.